The number of nitrogens with two attached hydrogens (primary N) is 1. The second kappa shape index (κ2) is 6.37. The number of nitrogen functional groups attached to an aromatic ring is 1. The zero-order chi connectivity index (χ0) is 13.7. The molecular weight excluding hydrogens is 230 g/mol. The summed E-state index contributed by atoms with van der Waals surface area (Å²) in [7, 11) is 1.81. The van der Waals surface area contributed by atoms with Crippen molar-refractivity contribution in [2.75, 3.05) is 24.7 Å². The molecular formula is C13H21N3O2. The number of carbonyl (C=O) groups is 1. The molecule has 1 rings (SSSR count). The summed E-state index contributed by atoms with van der Waals surface area (Å²) in [4.78, 5) is 13.8. The van der Waals surface area contributed by atoms with Crippen LogP contribution in [0, 0.1) is 0 Å². The molecule has 5 nitrogen and oxygen atoms in total. The van der Waals surface area contributed by atoms with Crippen LogP contribution in [0.3, 0.4) is 0 Å². The lowest BCUT2D eigenvalue weighted by atomic mass is 10.2. The molecule has 0 aromatic heterocycles. The van der Waals surface area contributed by atoms with Crippen molar-refractivity contribution in [2.24, 2.45) is 0 Å². The lowest BCUT2D eigenvalue weighted by Gasteiger charge is -2.28. The number of nitrogens with zero attached hydrogens (tertiary/aromatic N) is 1. The lowest BCUT2D eigenvalue weighted by molar-refractivity contribution is -0.121. The van der Waals surface area contributed by atoms with E-state index in [0.717, 1.165) is 0 Å². The van der Waals surface area contributed by atoms with E-state index in [0.29, 0.717) is 11.4 Å². The van der Waals surface area contributed by atoms with Gasteiger partial charge in [-0.05, 0) is 39.1 Å². The molecule has 0 aliphatic carbocycles. The molecule has 2 atom stereocenters. The van der Waals surface area contributed by atoms with Gasteiger partial charge in [0.05, 0.1) is 12.6 Å². The van der Waals surface area contributed by atoms with Gasteiger partial charge in [-0.2, -0.15) is 0 Å². The molecule has 100 valence electrons. The molecule has 1 aromatic rings. The minimum atomic E-state index is -0.325. The SMILES string of the molecule is CC(CO)N(C)C(C)C(=O)Nc1cccc(N)c1. The lowest BCUT2D eigenvalue weighted by Crippen LogP contribution is -2.45. The maximum absolute atomic E-state index is 12.0. The van der Waals surface area contributed by atoms with Gasteiger partial charge in [-0.1, -0.05) is 6.07 Å². The molecule has 0 spiro atoms. The van der Waals surface area contributed by atoms with Crippen LogP contribution in [0.15, 0.2) is 24.3 Å². The second-order valence-electron chi connectivity index (χ2n) is 4.49. The van der Waals surface area contributed by atoms with Crippen LogP contribution in [0.2, 0.25) is 0 Å². The Bertz CT molecular complexity index is 409. The Hall–Kier alpha value is -1.59. The zero-order valence-corrected chi connectivity index (χ0v) is 11.1. The third-order valence-corrected chi connectivity index (χ3v) is 3.10. The van der Waals surface area contributed by atoms with Crippen LogP contribution in [0.1, 0.15) is 13.8 Å². The maximum atomic E-state index is 12.0. The third kappa shape index (κ3) is 3.72. The molecule has 1 aromatic carbocycles. The van der Waals surface area contributed by atoms with Crippen molar-refractivity contribution >= 4 is 17.3 Å². The summed E-state index contributed by atoms with van der Waals surface area (Å²) in [5.41, 5.74) is 6.93. The Morgan fingerprint density at radius 3 is 2.72 bits per heavy atom. The van der Waals surface area contributed by atoms with Crippen LogP contribution in [0.25, 0.3) is 0 Å². The molecule has 1 amide bonds. The van der Waals surface area contributed by atoms with E-state index in [4.69, 9.17) is 10.8 Å². The predicted molar refractivity (Wildman–Crippen MR) is 73.3 cm³/mol. The summed E-state index contributed by atoms with van der Waals surface area (Å²) in [6.45, 7) is 3.69. The number of likely N-dealkylation sites (N-methyl/N-ethyl adjacent to an activating group) is 1. The van der Waals surface area contributed by atoms with Gasteiger partial charge in [0.15, 0.2) is 0 Å². The Kier molecular flexibility index (Phi) is 5.12. The van der Waals surface area contributed by atoms with Crippen LogP contribution in [-0.2, 0) is 4.79 Å². The molecule has 0 aliphatic heterocycles. The van der Waals surface area contributed by atoms with Crippen molar-refractivity contribution in [1.29, 1.82) is 0 Å². The van der Waals surface area contributed by atoms with Crippen LogP contribution in [-0.4, -0.2) is 41.7 Å². The molecule has 0 radical (unpaired) electrons. The van der Waals surface area contributed by atoms with Crippen molar-refractivity contribution in [3.8, 4) is 0 Å². The van der Waals surface area contributed by atoms with E-state index in [1.165, 1.54) is 0 Å². The van der Waals surface area contributed by atoms with Crippen LogP contribution < -0.4 is 11.1 Å². The van der Waals surface area contributed by atoms with Gasteiger partial charge in [0.2, 0.25) is 5.91 Å². The zero-order valence-electron chi connectivity index (χ0n) is 11.1. The molecule has 0 bridgehead atoms. The maximum Gasteiger partial charge on any atom is 0.241 e. The highest BCUT2D eigenvalue weighted by molar-refractivity contribution is 5.94. The first-order chi connectivity index (χ1) is 8.45. The summed E-state index contributed by atoms with van der Waals surface area (Å²) < 4.78 is 0. The molecule has 0 saturated heterocycles. The highest BCUT2D eigenvalue weighted by Crippen LogP contribution is 2.13. The molecule has 4 N–H and O–H groups in total. The van der Waals surface area contributed by atoms with Gasteiger partial charge < -0.3 is 16.2 Å². The van der Waals surface area contributed by atoms with Crippen molar-refractivity contribution in [3.63, 3.8) is 0 Å². The summed E-state index contributed by atoms with van der Waals surface area (Å²) in [6.07, 6.45) is 0. The van der Waals surface area contributed by atoms with Gasteiger partial charge >= 0.3 is 0 Å². The molecule has 18 heavy (non-hydrogen) atoms. The number of hydrogen-bond acceptors (Lipinski definition) is 4. The summed E-state index contributed by atoms with van der Waals surface area (Å²) in [6, 6.07) is 6.66. The standard InChI is InChI=1S/C13H21N3O2/c1-9(8-17)16(3)10(2)13(18)15-12-6-4-5-11(14)7-12/h4-7,9-10,17H,8,14H2,1-3H3,(H,15,18). The van der Waals surface area contributed by atoms with Crippen molar-refractivity contribution in [1.82, 2.24) is 4.90 Å². The molecule has 2 unspecified atom stereocenters. The molecule has 0 saturated carbocycles. The number of anilines is 2. The van der Waals surface area contributed by atoms with Crippen molar-refractivity contribution in [3.05, 3.63) is 24.3 Å². The number of aliphatic hydroxyl groups is 1. The van der Waals surface area contributed by atoms with Gasteiger partial charge in [-0.15, -0.1) is 0 Å². The molecule has 0 aliphatic rings. The largest absolute Gasteiger partial charge is 0.399 e. The van der Waals surface area contributed by atoms with E-state index in [9.17, 15) is 4.79 Å². The van der Waals surface area contributed by atoms with E-state index in [-0.39, 0.29) is 24.6 Å². The van der Waals surface area contributed by atoms with Crippen LogP contribution >= 0.6 is 0 Å². The summed E-state index contributed by atoms with van der Waals surface area (Å²) in [5, 5.41) is 11.9. The Balaban J connectivity index is 2.65. The molecule has 0 heterocycles. The van der Waals surface area contributed by atoms with E-state index in [1.807, 2.05) is 18.9 Å². The minimum Gasteiger partial charge on any atom is -0.399 e. The number of rotatable bonds is 5. The van der Waals surface area contributed by atoms with Crippen molar-refractivity contribution < 1.29 is 9.90 Å². The fourth-order valence-electron chi connectivity index (χ4n) is 1.56. The van der Waals surface area contributed by atoms with Crippen LogP contribution in [0.4, 0.5) is 11.4 Å². The highest BCUT2D eigenvalue weighted by atomic mass is 16.3. The fraction of sp³-hybridized carbons (Fsp3) is 0.462. The quantitative estimate of drug-likeness (QED) is 0.680. The summed E-state index contributed by atoms with van der Waals surface area (Å²) in [5.74, 6) is -0.122. The van der Waals surface area contributed by atoms with Crippen LogP contribution in [0.5, 0.6) is 0 Å². The molecule has 0 fully saturated rings. The van der Waals surface area contributed by atoms with E-state index >= 15 is 0 Å². The average Bonchev–Trinajstić information content (AvgIpc) is 2.36. The topological polar surface area (TPSA) is 78.6 Å². The van der Waals surface area contributed by atoms with Gasteiger partial charge in [-0.3, -0.25) is 9.69 Å². The first-order valence-electron chi connectivity index (χ1n) is 5.95. The highest BCUT2D eigenvalue weighted by Gasteiger charge is 2.21. The van der Waals surface area contributed by atoms with Gasteiger partial charge in [0.25, 0.3) is 0 Å². The second-order valence-corrected chi connectivity index (χ2v) is 4.49. The number of hydrogen-bond donors (Lipinski definition) is 3. The van der Waals surface area contributed by atoms with E-state index < -0.39 is 0 Å². The normalized spacial score (nSPS) is 14.3. The van der Waals surface area contributed by atoms with Crippen molar-refractivity contribution in [2.45, 2.75) is 25.9 Å². The van der Waals surface area contributed by atoms with Gasteiger partial charge in [-0.25, -0.2) is 0 Å². The fourth-order valence-corrected chi connectivity index (χ4v) is 1.56. The Morgan fingerprint density at radius 1 is 1.50 bits per heavy atom. The van der Waals surface area contributed by atoms with E-state index in [1.54, 1.807) is 31.2 Å². The number of nitrogens with one attached hydrogen (secondary N) is 1. The Morgan fingerprint density at radius 2 is 2.17 bits per heavy atom. The number of amides is 1. The first kappa shape index (κ1) is 14.5. The number of carbonyl (C=O) groups excluding carboxylic acids is 1. The number of aliphatic hydroxyl groups excluding tert-OH is 1. The Labute approximate surface area is 108 Å². The minimum absolute atomic E-state index is 0.0202. The molecule has 5 heteroatoms. The first-order valence-corrected chi connectivity index (χ1v) is 5.95. The summed E-state index contributed by atoms with van der Waals surface area (Å²) >= 11 is 0. The average molecular weight is 251 g/mol. The number of benzene rings is 1. The van der Waals surface area contributed by atoms with E-state index in [2.05, 4.69) is 5.32 Å². The van der Waals surface area contributed by atoms with Gasteiger partial charge in [0, 0.05) is 17.4 Å². The predicted octanol–water partition coefficient (Wildman–Crippen LogP) is 0.908. The monoisotopic (exact) mass is 251 g/mol. The third-order valence-electron chi connectivity index (χ3n) is 3.10. The smallest absolute Gasteiger partial charge is 0.241 e. The van der Waals surface area contributed by atoms with Gasteiger partial charge in [0.1, 0.15) is 0 Å².